The van der Waals surface area contributed by atoms with Gasteiger partial charge in [-0.1, -0.05) is 13.0 Å². The molecule has 4 nitrogen and oxygen atoms in total. The first-order valence-electron chi connectivity index (χ1n) is 8.19. The number of hydrogen-bond donors (Lipinski definition) is 1. The molecule has 0 aliphatic rings. The Balaban J connectivity index is 2.40. The number of halogens is 3. The van der Waals surface area contributed by atoms with Crippen molar-refractivity contribution >= 4 is 11.9 Å². The first kappa shape index (κ1) is 19.6. The molecule has 2 rings (SSSR count). The first-order chi connectivity index (χ1) is 12.4. The van der Waals surface area contributed by atoms with Crippen molar-refractivity contribution in [2.45, 2.75) is 26.4 Å². The van der Waals surface area contributed by atoms with Crippen molar-refractivity contribution in [1.82, 2.24) is 0 Å². The van der Waals surface area contributed by atoms with E-state index in [0.29, 0.717) is 25.2 Å². The van der Waals surface area contributed by atoms with Gasteiger partial charge in [-0.05, 0) is 43.7 Å². The van der Waals surface area contributed by atoms with E-state index in [1.165, 1.54) is 12.3 Å². The molecule has 0 aromatic heterocycles. The maximum Gasteiger partial charge on any atom is 0.416 e. The van der Waals surface area contributed by atoms with Crippen LogP contribution >= 0.6 is 0 Å². The molecule has 0 bridgehead atoms. The number of aromatic hydroxyl groups is 1. The first-order valence-corrected chi connectivity index (χ1v) is 8.19. The van der Waals surface area contributed by atoms with E-state index in [1.807, 2.05) is 6.92 Å². The van der Waals surface area contributed by atoms with Crippen molar-refractivity contribution in [3.63, 3.8) is 0 Å². The van der Waals surface area contributed by atoms with E-state index in [9.17, 15) is 18.3 Å². The molecule has 0 aliphatic carbocycles. The van der Waals surface area contributed by atoms with E-state index in [4.69, 9.17) is 9.47 Å². The molecule has 0 atom stereocenters. The zero-order valence-electron chi connectivity index (χ0n) is 14.5. The van der Waals surface area contributed by atoms with Crippen LogP contribution in [0.5, 0.6) is 17.2 Å². The monoisotopic (exact) mass is 367 g/mol. The Morgan fingerprint density at radius 1 is 1.08 bits per heavy atom. The third-order valence-corrected chi connectivity index (χ3v) is 3.42. The third-order valence-electron chi connectivity index (χ3n) is 3.42. The maximum absolute atomic E-state index is 13.0. The van der Waals surface area contributed by atoms with Crippen LogP contribution in [0.15, 0.2) is 41.4 Å². The van der Waals surface area contributed by atoms with Crippen molar-refractivity contribution in [3.8, 4) is 17.2 Å². The minimum atomic E-state index is -4.48. The lowest BCUT2D eigenvalue weighted by Gasteiger charge is -2.12. The lowest BCUT2D eigenvalue weighted by Crippen LogP contribution is -2.05. The van der Waals surface area contributed by atoms with Crippen LogP contribution in [-0.4, -0.2) is 24.5 Å². The van der Waals surface area contributed by atoms with Crippen molar-refractivity contribution < 1.29 is 27.8 Å². The molecule has 2 aromatic carbocycles. The molecule has 0 heterocycles. The maximum atomic E-state index is 13.0. The summed E-state index contributed by atoms with van der Waals surface area (Å²) in [5.74, 6) is 0.403. The van der Waals surface area contributed by atoms with Crippen LogP contribution in [0.3, 0.4) is 0 Å². The number of phenolic OH excluding ortho intramolecular Hbond substituents is 1. The molecule has 0 amide bonds. The molecule has 140 valence electrons. The van der Waals surface area contributed by atoms with Crippen molar-refractivity contribution in [2.75, 3.05) is 13.2 Å². The Labute approximate surface area is 149 Å². The van der Waals surface area contributed by atoms with E-state index in [2.05, 4.69) is 4.99 Å². The summed E-state index contributed by atoms with van der Waals surface area (Å²) in [5, 5.41) is 10.2. The number of phenols is 1. The highest BCUT2D eigenvalue weighted by Crippen LogP contribution is 2.37. The van der Waals surface area contributed by atoms with Gasteiger partial charge in [-0.25, -0.2) is 0 Å². The van der Waals surface area contributed by atoms with Crippen molar-refractivity contribution in [3.05, 3.63) is 47.5 Å². The SMILES string of the molecule is CCCOc1ccc(C(F)(F)F)cc1N=Cc1cccc(OCC)c1O. The predicted molar refractivity (Wildman–Crippen MR) is 93.8 cm³/mol. The van der Waals surface area contributed by atoms with E-state index in [1.54, 1.807) is 25.1 Å². The van der Waals surface area contributed by atoms with Crippen LogP contribution in [0, 0.1) is 0 Å². The number of alkyl halides is 3. The van der Waals surface area contributed by atoms with Gasteiger partial charge in [0.1, 0.15) is 11.4 Å². The molecule has 0 unspecified atom stereocenters. The summed E-state index contributed by atoms with van der Waals surface area (Å²) in [4.78, 5) is 4.10. The fourth-order valence-corrected chi connectivity index (χ4v) is 2.18. The number of para-hydroxylation sites is 1. The smallest absolute Gasteiger partial charge is 0.416 e. The van der Waals surface area contributed by atoms with Gasteiger partial charge < -0.3 is 14.6 Å². The summed E-state index contributed by atoms with van der Waals surface area (Å²) < 4.78 is 49.7. The Bertz CT molecular complexity index is 773. The highest BCUT2D eigenvalue weighted by molar-refractivity contribution is 5.87. The number of benzene rings is 2. The van der Waals surface area contributed by atoms with E-state index < -0.39 is 11.7 Å². The summed E-state index contributed by atoms with van der Waals surface area (Å²) in [6.07, 6.45) is -2.49. The summed E-state index contributed by atoms with van der Waals surface area (Å²) in [6.45, 7) is 4.40. The lowest BCUT2D eigenvalue weighted by molar-refractivity contribution is -0.137. The van der Waals surface area contributed by atoms with E-state index >= 15 is 0 Å². The Kier molecular flexibility index (Phi) is 6.49. The third kappa shape index (κ3) is 4.91. The molecule has 0 saturated heterocycles. The number of rotatable bonds is 7. The molecule has 26 heavy (non-hydrogen) atoms. The quantitative estimate of drug-likeness (QED) is 0.671. The lowest BCUT2D eigenvalue weighted by atomic mass is 10.1. The summed E-state index contributed by atoms with van der Waals surface area (Å²) >= 11 is 0. The summed E-state index contributed by atoms with van der Waals surface area (Å²) in [6, 6.07) is 7.97. The molecule has 0 aliphatic heterocycles. The average molecular weight is 367 g/mol. The minimum absolute atomic E-state index is 0.0366. The van der Waals surface area contributed by atoms with E-state index in [0.717, 1.165) is 12.1 Å². The van der Waals surface area contributed by atoms with Crippen molar-refractivity contribution in [1.29, 1.82) is 0 Å². The van der Waals surface area contributed by atoms with Crippen LogP contribution in [0.1, 0.15) is 31.4 Å². The van der Waals surface area contributed by atoms with Gasteiger partial charge >= 0.3 is 6.18 Å². The van der Waals surface area contributed by atoms with Gasteiger partial charge in [0, 0.05) is 11.8 Å². The second kappa shape index (κ2) is 8.60. The molecule has 7 heteroatoms. The zero-order chi connectivity index (χ0) is 19.2. The topological polar surface area (TPSA) is 51.0 Å². The van der Waals surface area contributed by atoms with Crippen LogP contribution in [-0.2, 0) is 6.18 Å². The van der Waals surface area contributed by atoms with Crippen molar-refractivity contribution in [2.24, 2.45) is 4.99 Å². The highest BCUT2D eigenvalue weighted by atomic mass is 19.4. The summed E-state index contributed by atoms with van der Waals surface area (Å²) in [7, 11) is 0. The Hall–Kier alpha value is -2.70. The molecule has 0 saturated carbocycles. The molecular weight excluding hydrogens is 347 g/mol. The van der Waals surface area contributed by atoms with Crippen LogP contribution < -0.4 is 9.47 Å². The van der Waals surface area contributed by atoms with Crippen LogP contribution in [0.2, 0.25) is 0 Å². The number of aliphatic imine (C=N–C) groups is 1. The van der Waals surface area contributed by atoms with Crippen LogP contribution in [0.4, 0.5) is 18.9 Å². The Morgan fingerprint density at radius 3 is 2.50 bits per heavy atom. The molecule has 0 fully saturated rings. The minimum Gasteiger partial charge on any atom is -0.504 e. The molecule has 0 radical (unpaired) electrons. The second-order valence-electron chi connectivity index (χ2n) is 5.41. The molecule has 1 N–H and O–H groups in total. The van der Waals surface area contributed by atoms with Gasteiger partial charge in [0.25, 0.3) is 0 Å². The fraction of sp³-hybridized carbons (Fsp3) is 0.316. The van der Waals surface area contributed by atoms with Gasteiger partial charge in [0.05, 0.1) is 18.8 Å². The van der Waals surface area contributed by atoms with E-state index in [-0.39, 0.29) is 22.9 Å². The Morgan fingerprint density at radius 2 is 1.85 bits per heavy atom. The van der Waals surface area contributed by atoms with Crippen LogP contribution in [0.25, 0.3) is 0 Å². The zero-order valence-corrected chi connectivity index (χ0v) is 14.5. The number of nitrogens with zero attached hydrogens (tertiary/aromatic N) is 1. The standard InChI is InChI=1S/C19H20F3NO3/c1-3-10-26-16-9-8-14(19(20,21)22)11-15(16)23-12-13-6-5-7-17(18(13)24)25-4-2/h5-9,11-12,24H,3-4,10H2,1-2H3. The van der Waals surface area contributed by atoms with Gasteiger partial charge in [-0.2, -0.15) is 13.2 Å². The highest BCUT2D eigenvalue weighted by Gasteiger charge is 2.31. The van der Waals surface area contributed by atoms with Gasteiger partial charge in [0.15, 0.2) is 11.5 Å². The fourth-order valence-electron chi connectivity index (χ4n) is 2.18. The molecule has 2 aromatic rings. The summed E-state index contributed by atoms with van der Waals surface area (Å²) in [5.41, 5.74) is -0.454. The van der Waals surface area contributed by atoms with Gasteiger partial charge in [0.2, 0.25) is 0 Å². The number of ether oxygens (including phenoxy) is 2. The largest absolute Gasteiger partial charge is 0.504 e. The number of hydrogen-bond acceptors (Lipinski definition) is 4. The van der Waals surface area contributed by atoms with Gasteiger partial charge in [-0.3, -0.25) is 4.99 Å². The predicted octanol–water partition coefficient (Wildman–Crippen LogP) is 5.35. The molecule has 0 spiro atoms. The van der Waals surface area contributed by atoms with Gasteiger partial charge in [-0.15, -0.1) is 0 Å². The normalized spacial score (nSPS) is 11.7. The molecular formula is C19H20F3NO3. The second-order valence-corrected chi connectivity index (χ2v) is 5.41. The average Bonchev–Trinajstić information content (AvgIpc) is 2.60.